The summed E-state index contributed by atoms with van der Waals surface area (Å²) >= 11 is 5.80. The van der Waals surface area contributed by atoms with E-state index in [0.717, 1.165) is 5.39 Å². The fourth-order valence-corrected chi connectivity index (χ4v) is 1.43. The van der Waals surface area contributed by atoms with E-state index in [1.54, 1.807) is 0 Å². The molecule has 0 spiro atoms. The third-order valence-electron chi connectivity index (χ3n) is 1.87. The van der Waals surface area contributed by atoms with Crippen LogP contribution in [0.1, 0.15) is 5.56 Å². The summed E-state index contributed by atoms with van der Waals surface area (Å²) in [6, 6.07) is 13.2. The molecule has 0 saturated carbocycles. The van der Waals surface area contributed by atoms with Crippen molar-refractivity contribution in [1.29, 1.82) is 0 Å². The van der Waals surface area contributed by atoms with Crippen LogP contribution >= 0.6 is 11.6 Å². The van der Waals surface area contributed by atoms with Gasteiger partial charge >= 0.3 is 0 Å². The molecule has 2 aromatic rings. The predicted octanol–water partition coefficient (Wildman–Crippen LogP) is 3.60. The van der Waals surface area contributed by atoms with Crippen LogP contribution in [-0.4, -0.2) is 0 Å². The highest BCUT2D eigenvalue weighted by molar-refractivity contribution is 6.31. The first-order chi connectivity index (χ1) is 5.75. The maximum Gasteiger partial charge on any atom is 0.0491 e. The summed E-state index contributed by atoms with van der Waals surface area (Å²) in [4.78, 5) is 0. The Morgan fingerprint density at radius 2 is 2.00 bits per heavy atom. The Labute approximate surface area is 76.8 Å². The zero-order valence-corrected chi connectivity index (χ0v) is 7.52. The molecule has 0 unspecified atom stereocenters. The Morgan fingerprint density at radius 1 is 1.17 bits per heavy atom. The van der Waals surface area contributed by atoms with Crippen LogP contribution in [0.2, 0.25) is 5.02 Å². The SMILES string of the molecule is Cc1ccc2[c]c(Cl)ccc2c1. The second-order valence-electron chi connectivity index (χ2n) is 2.90. The lowest BCUT2D eigenvalue weighted by Gasteiger charge is -1.98. The molecule has 2 aromatic carbocycles. The van der Waals surface area contributed by atoms with E-state index in [2.05, 4.69) is 25.1 Å². The quantitative estimate of drug-likeness (QED) is 0.574. The zero-order valence-electron chi connectivity index (χ0n) is 6.76. The molecule has 0 atom stereocenters. The standard InChI is InChI=1S/C11H8Cl/c1-8-2-3-10-7-11(12)5-4-9(10)6-8/h2-6H,1H3. The molecule has 0 bridgehead atoms. The average Bonchev–Trinajstić information content (AvgIpc) is 2.05. The molecule has 12 heavy (non-hydrogen) atoms. The van der Waals surface area contributed by atoms with E-state index in [4.69, 9.17) is 11.6 Å². The van der Waals surface area contributed by atoms with E-state index >= 15 is 0 Å². The van der Waals surface area contributed by atoms with Crippen molar-refractivity contribution < 1.29 is 0 Å². The fraction of sp³-hybridized carbons (Fsp3) is 0.0909. The van der Waals surface area contributed by atoms with Gasteiger partial charge < -0.3 is 0 Å². The molecular weight excluding hydrogens is 168 g/mol. The Bertz CT molecular complexity index is 377. The highest BCUT2D eigenvalue weighted by atomic mass is 35.5. The van der Waals surface area contributed by atoms with Crippen molar-refractivity contribution in [3.63, 3.8) is 0 Å². The Kier molecular flexibility index (Phi) is 1.78. The van der Waals surface area contributed by atoms with E-state index in [1.165, 1.54) is 10.9 Å². The Hall–Kier alpha value is -1.01. The predicted molar refractivity (Wildman–Crippen MR) is 52.5 cm³/mol. The van der Waals surface area contributed by atoms with E-state index in [9.17, 15) is 0 Å². The molecule has 0 heterocycles. The van der Waals surface area contributed by atoms with Gasteiger partial charge in [-0.15, -0.1) is 0 Å². The molecule has 0 aliphatic heterocycles. The van der Waals surface area contributed by atoms with Crippen molar-refractivity contribution >= 4 is 22.4 Å². The minimum absolute atomic E-state index is 0.673. The van der Waals surface area contributed by atoms with Gasteiger partial charge in [0.15, 0.2) is 0 Å². The van der Waals surface area contributed by atoms with Gasteiger partial charge in [-0.2, -0.15) is 0 Å². The van der Waals surface area contributed by atoms with Gasteiger partial charge in [0.2, 0.25) is 0 Å². The molecule has 0 fully saturated rings. The van der Waals surface area contributed by atoms with Gasteiger partial charge in [0.25, 0.3) is 0 Å². The minimum Gasteiger partial charge on any atom is -0.0836 e. The maximum atomic E-state index is 5.80. The Morgan fingerprint density at radius 3 is 2.83 bits per heavy atom. The van der Waals surface area contributed by atoms with Crippen LogP contribution in [0.15, 0.2) is 30.3 Å². The fourth-order valence-electron chi connectivity index (χ4n) is 1.27. The summed E-state index contributed by atoms with van der Waals surface area (Å²) in [7, 11) is 0. The first-order valence-electron chi connectivity index (χ1n) is 3.84. The summed E-state index contributed by atoms with van der Waals surface area (Å²) in [6.45, 7) is 2.08. The lowest BCUT2D eigenvalue weighted by molar-refractivity contribution is 1.50. The van der Waals surface area contributed by atoms with Crippen LogP contribution in [0.4, 0.5) is 0 Å². The number of benzene rings is 2. The highest BCUT2D eigenvalue weighted by Gasteiger charge is 1.94. The molecule has 0 aliphatic rings. The number of halogens is 1. The van der Waals surface area contributed by atoms with Crippen LogP contribution in [0.3, 0.4) is 0 Å². The monoisotopic (exact) mass is 175 g/mol. The average molecular weight is 176 g/mol. The van der Waals surface area contributed by atoms with Crippen LogP contribution in [-0.2, 0) is 0 Å². The summed E-state index contributed by atoms with van der Waals surface area (Å²) in [6.07, 6.45) is 0. The van der Waals surface area contributed by atoms with E-state index in [-0.39, 0.29) is 0 Å². The molecular formula is C11H8Cl. The van der Waals surface area contributed by atoms with Gasteiger partial charge in [0.05, 0.1) is 0 Å². The number of aryl methyl sites for hydroxylation is 1. The van der Waals surface area contributed by atoms with Crippen molar-refractivity contribution in [2.45, 2.75) is 6.92 Å². The van der Waals surface area contributed by atoms with Crippen molar-refractivity contribution in [2.24, 2.45) is 0 Å². The lowest BCUT2D eigenvalue weighted by Crippen LogP contribution is -1.75. The third kappa shape index (κ3) is 1.30. The molecule has 2 rings (SSSR count). The zero-order chi connectivity index (χ0) is 8.55. The first kappa shape index (κ1) is 7.63. The molecule has 0 N–H and O–H groups in total. The smallest absolute Gasteiger partial charge is 0.0491 e. The second-order valence-corrected chi connectivity index (χ2v) is 3.30. The van der Waals surface area contributed by atoms with Crippen molar-refractivity contribution in [3.8, 4) is 0 Å². The normalized spacial score (nSPS) is 10.5. The molecule has 1 heteroatoms. The maximum absolute atomic E-state index is 5.80. The van der Waals surface area contributed by atoms with Crippen molar-refractivity contribution in [3.05, 3.63) is 47.0 Å². The van der Waals surface area contributed by atoms with Crippen molar-refractivity contribution in [1.82, 2.24) is 0 Å². The van der Waals surface area contributed by atoms with Crippen molar-refractivity contribution in [2.75, 3.05) is 0 Å². The van der Waals surface area contributed by atoms with Crippen LogP contribution < -0.4 is 0 Å². The number of rotatable bonds is 0. The van der Waals surface area contributed by atoms with Gasteiger partial charge in [-0.05, 0) is 23.8 Å². The summed E-state index contributed by atoms with van der Waals surface area (Å²) in [5.74, 6) is 0. The second kappa shape index (κ2) is 2.80. The molecule has 0 saturated heterocycles. The molecule has 0 aliphatic carbocycles. The van der Waals surface area contributed by atoms with Gasteiger partial charge in [-0.3, -0.25) is 0 Å². The van der Waals surface area contributed by atoms with Gasteiger partial charge in [0, 0.05) is 11.1 Å². The minimum atomic E-state index is 0.673. The number of hydrogen-bond acceptors (Lipinski definition) is 0. The molecule has 1 radical (unpaired) electrons. The topological polar surface area (TPSA) is 0 Å². The van der Waals surface area contributed by atoms with Gasteiger partial charge in [0.1, 0.15) is 0 Å². The summed E-state index contributed by atoms with van der Waals surface area (Å²) in [5, 5.41) is 2.94. The van der Waals surface area contributed by atoms with E-state index in [0.29, 0.717) is 5.02 Å². The molecule has 0 nitrogen and oxygen atoms in total. The largest absolute Gasteiger partial charge is 0.0836 e. The lowest BCUT2D eigenvalue weighted by atomic mass is 10.1. The first-order valence-corrected chi connectivity index (χ1v) is 4.22. The van der Waals surface area contributed by atoms with Crippen LogP contribution in [0.25, 0.3) is 10.8 Å². The number of fused-ring (bicyclic) bond motifs is 1. The molecule has 0 aromatic heterocycles. The summed E-state index contributed by atoms with van der Waals surface area (Å²) < 4.78 is 0. The van der Waals surface area contributed by atoms with E-state index < -0.39 is 0 Å². The van der Waals surface area contributed by atoms with Crippen LogP contribution in [0, 0.1) is 13.0 Å². The van der Waals surface area contributed by atoms with Gasteiger partial charge in [-0.1, -0.05) is 41.4 Å². The third-order valence-corrected chi connectivity index (χ3v) is 2.09. The number of hydrogen-bond donors (Lipinski definition) is 0. The van der Waals surface area contributed by atoms with Gasteiger partial charge in [-0.25, -0.2) is 0 Å². The summed E-state index contributed by atoms with van der Waals surface area (Å²) in [5.41, 5.74) is 1.26. The molecule has 0 amide bonds. The Balaban J connectivity index is 2.79. The molecule has 59 valence electrons. The van der Waals surface area contributed by atoms with E-state index in [1.807, 2.05) is 18.2 Å². The highest BCUT2D eigenvalue weighted by Crippen LogP contribution is 2.19. The van der Waals surface area contributed by atoms with Crippen LogP contribution in [0.5, 0.6) is 0 Å².